The van der Waals surface area contributed by atoms with Gasteiger partial charge in [0.2, 0.25) is 5.91 Å². The molecule has 1 fully saturated rings. The largest absolute Gasteiger partial charge is 0.462 e. The molecule has 1 aliphatic carbocycles. The molecule has 1 aliphatic rings. The number of ether oxygens (including phenoxy) is 1. The van der Waals surface area contributed by atoms with E-state index >= 15 is 0 Å². The lowest BCUT2D eigenvalue weighted by Crippen LogP contribution is -2.32. The van der Waals surface area contributed by atoms with E-state index in [1.165, 1.54) is 11.3 Å². The molecule has 5 nitrogen and oxygen atoms in total. The summed E-state index contributed by atoms with van der Waals surface area (Å²) in [6.45, 7) is 3.99. The summed E-state index contributed by atoms with van der Waals surface area (Å²) in [5, 5.41) is 3.48. The number of carbonyl (C=O) groups excluding carboxylic acids is 2. The number of thiophene rings is 1. The first-order chi connectivity index (χ1) is 10.0. The van der Waals surface area contributed by atoms with Crippen LogP contribution in [0.1, 0.15) is 47.8 Å². The second kappa shape index (κ2) is 7.04. The van der Waals surface area contributed by atoms with Crippen LogP contribution in [0.15, 0.2) is 6.07 Å². The predicted molar refractivity (Wildman–Crippen MR) is 83.6 cm³/mol. The fourth-order valence-electron chi connectivity index (χ4n) is 2.56. The molecule has 0 aromatic carbocycles. The lowest BCUT2D eigenvalue weighted by Gasteiger charge is -2.25. The number of esters is 1. The molecule has 0 spiro atoms. The number of aryl methyl sites for hydroxylation is 1. The Hall–Kier alpha value is -1.40. The van der Waals surface area contributed by atoms with Crippen LogP contribution < -0.4 is 11.1 Å². The molecule has 0 unspecified atom stereocenters. The van der Waals surface area contributed by atoms with Gasteiger partial charge in [-0.25, -0.2) is 4.79 Å². The van der Waals surface area contributed by atoms with Gasteiger partial charge in [-0.3, -0.25) is 4.79 Å². The molecule has 0 aliphatic heterocycles. The maximum Gasteiger partial charge on any atom is 0.341 e. The number of hydrogen-bond acceptors (Lipinski definition) is 5. The van der Waals surface area contributed by atoms with Gasteiger partial charge < -0.3 is 15.8 Å². The Balaban J connectivity index is 2.05. The van der Waals surface area contributed by atoms with Crippen LogP contribution in [0.5, 0.6) is 0 Å². The molecule has 0 atom stereocenters. The molecule has 3 N–H and O–H groups in total. The summed E-state index contributed by atoms with van der Waals surface area (Å²) in [7, 11) is 0. The minimum atomic E-state index is -0.386. The van der Waals surface area contributed by atoms with Crippen molar-refractivity contribution >= 4 is 28.2 Å². The average Bonchev–Trinajstić information content (AvgIpc) is 2.80. The molecular weight excluding hydrogens is 288 g/mol. The number of hydrogen-bond donors (Lipinski definition) is 2. The molecule has 2 rings (SSSR count). The Morgan fingerprint density at radius 2 is 2.05 bits per heavy atom. The molecule has 0 radical (unpaired) electrons. The number of amides is 1. The Bertz CT molecular complexity index is 519. The second-order valence-electron chi connectivity index (χ2n) is 5.42. The maximum absolute atomic E-state index is 12.3. The SMILES string of the molecule is CCOC(=O)c1cc(C)sc1NC(=O)C1CCC(N)CC1. The van der Waals surface area contributed by atoms with E-state index in [0.717, 1.165) is 30.6 Å². The summed E-state index contributed by atoms with van der Waals surface area (Å²) in [6.07, 6.45) is 3.39. The van der Waals surface area contributed by atoms with Crippen molar-refractivity contribution in [3.63, 3.8) is 0 Å². The predicted octanol–water partition coefficient (Wildman–Crippen LogP) is 2.69. The average molecular weight is 310 g/mol. The molecule has 1 saturated carbocycles. The Morgan fingerprint density at radius 3 is 2.67 bits per heavy atom. The van der Waals surface area contributed by atoms with E-state index in [2.05, 4.69) is 5.32 Å². The van der Waals surface area contributed by atoms with Gasteiger partial charge >= 0.3 is 5.97 Å². The zero-order valence-electron chi connectivity index (χ0n) is 12.5. The monoisotopic (exact) mass is 310 g/mol. The number of anilines is 1. The lowest BCUT2D eigenvalue weighted by atomic mass is 9.86. The standard InChI is InChI=1S/C15H22N2O3S/c1-3-20-15(19)12-8-9(2)21-14(12)17-13(18)10-4-6-11(16)7-5-10/h8,10-11H,3-7,16H2,1-2H3,(H,17,18). The number of nitrogens with two attached hydrogens (primary N) is 1. The Kier molecular flexibility index (Phi) is 5.36. The Morgan fingerprint density at radius 1 is 1.38 bits per heavy atom. The van der Waals surface area contributed by atoms with Crippen molar-refractivity contribution in [1.82, 2.24) is 0 Å². The normalized spacial score (nSPS) is 21.9. The number of carbonyl (C=O) groups is 2. The number of nitrogens with one attached hydrogen (secondary N) is 1. The van der Waals surface area contributed by atoms with E-state index in [1.54, 1.807) is 13.0 Å². The van der Waals surface area contributed by atoms with E-state index in [4.69, 9.17) is 10.5 Å². The van der Waals surface area contributed by atoms with Crippen molar-refractivity contribution in [3.05, 3.63) is 16.5 Å². The third-order valence-corrected chi connectivity index (χ3v) is 4.70. The highest BCUT2D eigenvalue weighted by atomic mass is 32.1. The van der Waals surface area contributed by atoms with Gasteiger partial charge in [-0.2, -0.15) is 0 Å². The van der Waals surface area contributed by atoms with Crippen molar-refractivity contribution in [2.75, 3.05) is 11.9 Å². The van der Waals surface area contributed by atoms with Crippen molar-refractivity contribution in [2.24, 2.45) is 11.7 Å². The van der Waals surface area contributed by atoms with Crippen molar-refractivity contribution in [2.45, 2.75) is 45.6 Å². The highest BCUT2D eigenvalue weighted by molar-refractivity contribution is 7.16. The summed E-state index contributed by atoms with van der Waals surface area (Å²) >= 11 is 1.40. The van der Waals surface area contributed by atoms with Crippen LogP contribution >= 0.6 is 11.3 Å². The summed E-state index contributed by atoms with van der Waals surface area (Å²) < 4.78 is 5.02. The minimum absolute atomic E-state index is 0.0118. The van der Waals surface area contributed by atoms with Crippen molar-refractivity contribution < 1.29 is 14.3 Å². The van der Waals surface area contributed by atoms with Crippen molar-refractivity contribution in [1.29, 1.82) is 0 Å². The number of rotatable bonds is 4. The first kappa shape index (κ1) is 16.0. The quantitative estimate of drug-likeness (QED) is 0.838. The van der Waals surface area contributed by atoms with E-state index in [-0.39, 0.29) is 23.8 Å². The third-order valence-electron chi connectivity index (χ3n) is 3.73. The smallest absolute Gasteiger partial charge is 0.341 e. The third kappa shape index (κ3) is 4.04. The molecule has 21 heavy (non-hydrogen) atoms. The fourth-order valence-corrected chi connectivity index (χ4v) is 3.47. The molecule has 6 heteroatoms. The van der Waals surface area contributed by atoms with Gasteiger partial charge in [0, 0.05) is 16.8 Å². The summed E-state index contributed by atoms with van der Waals surface area (Å²) in [5.74, 6) is -0.417. The van der Waals surface area contributed by atoms with Gasteiger partial charge in [0.25, 0.3) is 0 Å². The summed E-state index contributed by atoms with van der Waals surface area (Å²) in [4.78, 5) is 25.2. The van der Waals surface area contributed by atoms with E-state index in [1.807, 2.05) is 6.92 Å². The van der Waals surface area contributed by atoms with Crippen LogP contribution in [0, 0.1) is 12.8 Å². The topological polar surface area (TPSA) is 81.4 Å². The molecule has 116 valence electrons. The second-order valence-corrected chi connectivity index (χ2v) is 6.68. The van der Waals surface area contributed by atoms with Crippen LogP contribution in [0.25, 0.3) is 0 Å². The van der Waals surface area contributed by atoms with E-state index < -0.39 is 0 Å². The minimum Gasteiger partial charge on any atom is -0.462 e. The molecule has 1 aromatic rings. The maximum atomic E-state index is 12.3. The van der Waals surface area contributed by atoms with Crippen LogP contribution in [0.4, 0.5) is 5.00 Å². The summed E-state index contributed by atoms with van der Waals surface area (Å²) in [5.41, 5.74) is 6.30. The van der Waals surface area contributed by atoms with Gasteiger partial charge in [0.15, 0.2) is 0 Å². The first-order valence-corrected chi connectivity index (χ1v) is 8.17. The molecule has 0 saturated heterocycles. The van der Waals surface area contributed by atoms with Crippen LogP contribution in [0.3, 0.4) is 0 Å². The van der Waals surface area contributed by atoms with Gasteiger partial charge in [0.05, 0.1) is 12.2 Å². The molecular formula is C15H22N2O3S. The van der Waals surface area contributed by atoms with E-state index in [0.29, 0.717) is 17.2 Å². The first-order valence-electron chi connectivity index (χ1n) is 7.35. The fraction of sp³-hybridized carbons (Fsp3) is 0.600. The van der Waals surface area contributed by atoms with Gasteiger partial charge in [-0.05, 0) is 45.6 Å². The molecule has 1 amide bonds. The zero-order valence-corrected chi connectivity index (χ0v) is 13.3. The highest BCUT2D eigenvalue weighted by Crippen LogP contribution is 2.30. The molecule has 1 aromatic heterocycles. The van der Waals surface area contributed by atoms with E-state index in [9.17, 15) is 9.59 Å². The van der Waals surface area contributed by atoms with Crippen molar-refractivity contribution in [3.8, 4) is 0 Å². The molecule has 1 heterocycles. The molecule has 0 bridgehead atoms. The highest BCUT2D eigenvalue weighted by Gasteiger charge is 2.26. The lowest BCUT2D eigenvalue weighted by molar-refractivity contribution is -0.120. The van der Waals surface area contributed by atoms with Gasteiger partial charge in [-0.1, -0.05) is 0 Å². The van der Waals surface area contributed by atoms with Gasteiger partial charge in [-0.15, -0.1) is 11.3 Å². The van der Waals surface area contributed by atoms with Gasteiger partial charge in [0.1, 0.15) is 5.00 Å². The zero-order chi connectivity index (χ0) is 15.4. The Labute approximate surface area is 128 Å². The van der Waals surface area contributed by atoms with Crippen LogP contribution in [0.2, 0.25) is 0 Å². The van der Waals surface area contributed by atoms with Crippen LogP contribution in [-0.2, 0) is 9.53 Å². The summed E-state index contributed by atoms with van der Waals surface area (Å²) in [6, 6.07) is 1.97. The van der Waals surface area contributed by atoms with Crippen LogP contribution in [-0.4, -0.2) is 24.5 Å².